The minimum absolute atomic E-state index is 0.0261. The highest BCUT2D eigenvalue weighted by Crippen LogP contribution is 2.47. The number of hydrogen-bond acceptors (Lipinski definition) is 3. The van der Waals surface area contributed by atoms with Gasteiger partial charge in [0.1, 0.15) is 0 Å². The fourth-order valence-corrected chi connectivity index (χ4v) is 5.11. The Bertz CT molecular complexity index is 658. The van der Waals surface area contributed by atoms with Crippen molar-refractivity contribution in [2.45, 2.75) is 44.6 Å². The highest BCUT2D eigenvalue weighted by Gasteiger charge is 2.49. The molecular formula is C17H26N2O2S. The van der Waals surface area contributed by atoms with Crippen molar-refractivity contribution in [3.8, 4) is 0 Å². The predicted octanol–water partition coefficient (Wildman–Crippen LogP) is 2.60. The molecule has 0 aromatic heterocycles. The van der Waals surface area contributed by atoms with E-state index in [0.717, 1.165) is 25.2 Å². The summed E-state index contributed by atoms with van der Waals surface area (Å²) in [6.07, 6.45) is 4.75. The molecule has 0 radical (unpaired) electrons. The van der Waals surface area contributed by atoms with Crippen molar-refractivity contribution < 1.29 is 8.42 Å². The molecule has 5 heteroatoms. The van der Waals surface area contributed by atoms with E-state index in [1.807, 2.05) is 18.2 Å². The lowest BCUT2D eigenvalue weighted by molar-refractivity contribution is 0.232. The fourth-order valence-electron chi connectivity index (χ4n) is 4.11. The van der Waals surface area contributed by atoms with E-state index in [-0.39, 0.29) is 5.41 Å². The third-order valence-corrected chi connectivity index (χ3v) is 6.43. The molecule has 2 heterocycles. The Labute approximate surface area is 134 Å². The molecule has 1 saturated heterocycles. The molecule has 1 aromatic carbocycles. The van der Waals surface area contributed by atoms with Crippen molar-refractivity contribution in [2.24, 2.45) is 0 Å². The number of benzene rings is 1. The third kappa shape index (κ3) is 2.54. The van der Waals surface area contributed by atoms with Crippen LogP contribution in [0.4, 0.5) is 5.69 Å². The van der Waals surface area contributed by atoms with E-state index in [4.69, 9.17) is 0 Å². The summed E-state index contributed by atoms with van der Waals surface area (Å²) >= 11 is 0. The quantitative estimate of drug-likeness (QED) is 0.855. The first-order valence-corrected chi connectivity index (χ1v) is 10.0. The largest absolute Gasteiger partial charge is 0.300 e. The van der Waals surface area contributed by atoms with Crippen LogP contribution in [0.5, 0.6) is 0 Å². The van der Waals surface area contributed by atoms with Gasteiger partial charge in [-0.25, -0.2) is 8.42 Å². The van der Waals surface area contributed by atoms with Gasteiger partial charge in [-0.2, -0.15) is 0 Å². The summed E-state index contributed by atoms with van der Waals surface area (Å²) in [7, 11) is -3.21. The second-order valence-corrected chi connectivity index (χ2v) is 8.83. The van der Waals surface area contributed by atoms with Crippen LogP contribution in [0.3, 0.4) is 0 Å². The zero-order valence-corrected chi connectivity index (χ0v) is 14.6. The smallest absolute Gasteiger partial charge is 0.232 e. The monoisotopic (exact) mass is 322 g/mol. The van der Waals surface area contributed by atoms with Gasteiger partial charge in [-0.05, 0) is 37.9 Å². The number of fused-ring (bicyclic) bond motifs is 2. The molecular weight excluding hydrogens is 296 g/mol. The van der Waals surface area contributed by atoms with E-state index in [1.54, 1.807) is 4.31 Å². The number of sulfonamides is 1. The maximum atomic E-state index is 12.2. The molecule has 22 heavy (non-hydrogen) atoms. The van der Waals surface area contributed by atoms with Crippen LogP contribution < -0.4 is 4.31 Å². The van der Waals surface area contributed by atoms with E-state index < -0.39 is 10.0 Å². The van der Waals surface area contributed by atoms with E-state index in [1.165, 1.54) is 24.7 Å². The summed E-state index contributed by atoms with van der Waals surface area (Å²) in [5.41, 5.74) is 2.07. The predicted molar refractivity (Wildman–Crippen MR) is 90.9 cm³/mol. The van der Waals surface area contributed by atoms with Gasteiger partial charge in [0, 0.05) is 24.5 Å². The molecule has 2 atom stereocenters. The highest BCUT2D eigenvalue weighted by atomic mass is 32.2. The number of hydrogen-bond donors (Lipinski definition) is 0. The molecule has 0 amide bonds. The Morgan fingerprint density at radius 3 is 2.68 bits per heavy atom. The first-order valence-electron chi connectivity index (χ1n) is 8.19. The molecule has 1 fully saturated rings. The van der Waals surface area contributed by atoms with Gasteiger partial charge in [0.05, 0.1) is 11.9 Å². The molecule has 1 spiro atoms. The zero-order valence-electron chi connectivity index (χ0n) is 13.7. The topological polar surface area (TPSA) is 40.6 Å². The van der Waals surface area contributed by atoms with Crippen molar-refractivity contribution in [2.75, 3.05) is 30.2 Å². The molecule has 2 aliphatic rings. The summed E-state index contributed by atoms with van der Waals surface area (Å²) in [6.45, 7) is 7.14. The van der Waals surface area contributed by atoms with Gasteiger partial charge in [0.25, 0.3) is 0 Å². The van der Waals surface area contributed by atoms with E-state index in [2.05, 4.69) is 24.8 Å². The molecule has 0 N–H and O–H groups in total. The zero-order chi connectivity index (χ0) is 16.0. The van der Waals surface area contributed by atoms with Gasteiger partial charge in [-0.15, -0.1) is 0 Å². The van der Waals surface area contributed by atoms with Crippen LogP contribution in [0.15, 0.2) is 24.3 Å². The summed E-state index contributed by atoms with van der Waals surface area (Å²) < 4.78 is 25.9. The number of nitrogens with zero attached hydrogens (tertiary/aromatic N) is 2. The normalized spacial score (nSPS) is 26.6. The summed E-state index contributed by atoms with van der Waals surface area (Å²) in [4.78, 5) is 2.53. The second kappa shape index (κ2) is 5.53. The van der Waals surface area contributed by atoms with Crippen LogP contribution in [0, 0.1) is 0 Å². The summed E-state index contributed by atoms with van der Waals surface area (Å²) in [6, 6.07) is 8.61. The van der Waals surface area contributed by atoms with Gasteiger partial charge in [0.2, 0.25) is 10.0 Å². The van der Waals surface area contributed by atoms with Crippen LogP contribution in [0.25, 0.3) is 0 Å². The van der Waals surface area contributed by atoms with Crippen molar-refractivity contribution in [3.63, 3.8) is 0 Å². The fraction of sp³-hybridized carbons (Fsp3) is 0.647. The van der Waals surface area contributed by atoms with Gasteiger partial charge in [-0.1, -0.05) is 31.5 Å². The summed E-state index contributed by atoms with van der Waals surface area (Å²) in [5, 5.41) is 0. The SMILES string of the molecule is CCCC(C)N1CCC2(C1)CN(S(C)(=O)=O)c1ccccc12. The molecule has 0 aliphatic carbocycles. The Morgan fingerprint density at radius 2 is 2.00 bits per heavy atom. The average molecular weight is 322 g/mol. The molecule has 1 aromatic rings. The Hall–Kier alpha value is -1.07. The van der Waals surface area contributed by atoms with Crippen LogP contribution in [-0.4, -0.2) is 45.2 Å². The lowest BCUT2D eigenvalue weighted by atomic mass is 9.81. The first kappa shape index (κ1) is 15.8. The van der Waals surface area contributed by atoms with Crippen molar-refractivity contribution in [3.05, 3.63) is 29.8 Å². The molecule has 4 nitrogen and oxygen atoms in total. The number of anilines is 1. The van der Waals surface area contributed by atoms with Crippen LogP contribution in [0.2, 0.25) is 0 Å². The Kier molecular flexibility index (Phi) is 3.98. The van der Waals surface area contributed by atoms with Crippen LogP contribution in [0.1, 0.15) is 38.7 Å². The maximum absolute atomic E-state index is 12.2. The number of rotatable bonds is 4. The molecule has 3 rings (SSSR count). The Morgan fingerprint density at radius 1 is 1.27 bits per heavy atom. The van der Waals surface area contributed by atoms with E-state index in [9.17, 15) is 8.42 Å². The highest BCUT2D eigenvalue weighted by molar-refractivity contribution is 7.92. The minimum Gasteiger partial charge on any atom is -0.300 e. The van der Waals surface area contributed by atoms with E-state index >= 15 is 0 Å². The van der Waals surface area contributed by atoms with E-state index in [0.29, 0.717) is 12.6 Å². The minimum atomic E-state index is -3.21. The van der Waals surface area contributed by atoms with Gasteiger partial charge in [-0.3, -0.25) is 9.21 Å². The molecule has 0 bridgehead atoms. The average Bonchev–Trinajstić information content (AvgIpc) is 3.03. The first-order chi connectivity index (χ1) is 10.4. The Balaban J connectivity index is 1.93. The van der Waals surface area contributed by atoms with Gasteiger partial charge < -0.3 is 0 Å². The van der Waals surface area contributed by atoms with Crippen LogP contribution >= 0.6 is 0 Å². The second-order valence-electron chi connectivity index (χ2n) is 6.93. The van der Waals surface area contributed by atoms with Crippen molar-refractivity contribution >= 4 is 15.7 Å². The van der Waals surface area contributed by atoms with Crippen molar-refractivity contribution in [1.29, 1.82) is 0 Å². The third-order valence-electron chi connectivity index (χ3n) is 5.30. The molecule has 0 saturated carbocycles. The molecule has 122 valence electrons. The standard InChI is InChI=1S/C17H26N2O2S/c1-4-7-14(2)18-11-10-17(12-18)13-19(22(3,20)21)16-9-6-5-8-15(16)17/h5-6,8-9,14H,4,7,10-13H2,1-3H3. The summed E-state index contributed by atoms with van der Waals surface area (Å²) in [5.74, 6) is 0. The van der Waals surface area contributed by atoms with Gasteiger partial charge in [0.15, 0.2) is 0 Å². The number of likely N-dealkylation sites (tertiary alicyclic amines) is 1. The molecule has 2 unspecified atom stereocenters. The molecule has 2 aliphatic heterocycles. The van der Waals surface area contributed by atoms with Crippen LogP contribution in [-0.2, 0) is 15.4 Å². The maximum Gasteiger partial charge on any atom is 0.232 e. The van der Waals surface area contributed by atoms with Gasteiger partial charge >= 0.3 is 0 Å². The van der Waals surface area contributed by atoms with Crippen molar-refractivity contribution in [1.82, 2.24) is 4.90 Å². The lowest BCUT2D eigenvalue weighted by Crippen LogP contribution is -2.40. The lowest BCUT2D eigenvalue weighted by Gasteiger charge is -2.28. The number of para-hydroxylation sites is 1.